The first-order valence-corrected chi connectivity index (χ1v) is 6.00. The van der Waals surface area contributed by atoms with E-state index in [4.69, 9.17) is 0 Å². The summed E-state index contributed by atoms with van der Waals surface area (Å²) in [4.78, 5) is 15.5. The van der Waals surface area contributed by atoms with Crippen LogP contribution in [0, 0.1) is 0 Å². The predicted octanol–water partition coefficient (Wildman–Crippen LogP) is 2.06. The fraction of sp³-hybridized carbons (Fsp3) is 0.0833. The van der Waals surface area contributed by atoms with E-state index in [2.05, 4.69) is 10.1 Å². The summed E-state index contributed by atoms with van der Waals surface area (Å²) in [6.07, 6.45) is 0. The topological polar surface area (TPSA) is 47.8 Å². The van der Waals surface area contributed by atoms with Crippen LogP contribution in [-0.2, 0) is 7.05 Å². The molecule has 0 aliphatic carbocycles. The predicted molar refractivity (Wildman–Crippen MR) is 68.1 cm³/mol. The number of hydrogen-bond acceptors (Lipinski definition) is 4. The van der Waals surface area contributed by atoms with Crippen LogP contribution in [0.1, 0.15) is 0 Å². The SMILES string of the molecule is Cn1nc(-c2ccc3scnc3c2)ccc1=O. The van der Waals surface area contributed by atoms with Crippen LogP contribution in [0.15, 0.2) is 40.6 Å². The number of thiazole rings is 1. The van der Waals surface area contributed by atoms with Gasteiger partial charge in [-0.3, -0.25) is 4.79 Å². The normalized spacial score (nSPS) is 10.9. The van der Waals surface area contributed by atoms with Crippen molar-refractivity contribution in [2.45, 2.75) is 0 Å². The molecule has 3 aromatic rings. The number of aromatic nitrogens is 3. The smallest absolute Gasteiger partial charge is 0.266 e. The van der Waals surface area contributed by atoms with Crippen molar-refractivity contribution < 1.29 is 0 Å². The minimum Gasteiger partial charge on any atom is -0.268 e. The Morgan fingerprint density at radius 2 is 2.12 bits per heavy atom. The minimum absolute atomic E-state index is 0.108. The number of aryl methyl sites for hydroxylation is 1. The molecule has 84 valence electrons. The molecule has 0 amide bonds. The highest BCUT2D eigenvalue weighted by molar-refractivity contribution is 7.16. The molecule has 0 fully saturated rings. The summed E-state index contributed by atoms with van der Waals surface area (Å²) in [6, 6.07) is 9.25. The zero-order valence-corrected chi connectivity index (χ0v) is 9.94. The van der Waals surface area contributed by atoms with Crippen LogP contribution in [0.4, 0.5) is 0 Å². The van der Waals surface area contributed by atoms with E-state index in [0.29, 0.717) is 0 Å². The molecule has 0 unspecified atom stereocenters. The fourth-order valence-corrected chi connectivity index (χ4v) is 2.33. The lowest BCUT2D eigenvalue weighted by atomic mass is 10.1. The summed E-state index contributed by atoms with van der Waals surface area (Å²) in [6.45, 7) is 0. The Labute approximate surface area is 101 Å². The average molecular weight is 243 g/mol. The lowest BCUT2D eigenvalue weighted by Crippen LogP contribution is -2.18. The molecule has 2 heterocycles. The second-order valence-electron chi connectivity index (χ2n) is 3.72. The third-order valence-corrected chi connectivity index (χ3v) is 3.40. The van der Waals surface area contributed by atoms with E-state index < -0.39 is 0 Å². The standard InChI is InChI=1S/C12H9N3OS/c1-15-12(16)5-3-9(14-15)8-2-4-11-10(6-8)13-7-17-11/h2-7H,1H3. The van der Waals surface area contributed by atoms with Gasteiger partial charge in [-0.2, -0.15) is 5.10 Å². The average Bonchev–Trinajstić information content (AvgIpc) is 2.79. The Hall–Kier alpha value is -2.01. The molecule has 5 heteroatoms. The highest BCUT2D eigenvalue weighted by Crippen LogP contribution is 2.23. The highest BCUT2D eigenvalue weighted by Gasteiger charge is 2.03. The maximum Gasteiger partial charge on any atom is 0.266 e. The molecule has 0 aliphatic heterocycles. The molecule has 0 radical (unpaired) electrons. The largest absolute Gasteiger partial charge is 0.268 e. The Balaban J connectivity index is 2.19. The molecule has 0 saturated carbocycles. The van der Waals surface area contributed by atoms with Crippen molar-refractivity contribution in [1.82, 2.24) is 14.8 Å². The van der Waals surface area contributed by atoms with Crippen LogP contribution >= 0.6 is 11.3 Å². The van der Waals surface area contributed by atoms with Crippen LogP contribution in [0.5, 0.6) is 0 Å². The van der Waals surface area contributed by atoms with E-state index in [0.717, 1.165) is 21.5 Å². The molecule has 4 nitrogen and oxygen atoms in total. The lowest BCUT2D eigenvalue weighted by molar-refractivity contribution is 0.712. The van der Waals surface area contributed by atoms with Gasteiger partial charge in [0.05, 0.1) is 21.4 Å². The van der Waals surface area contributed by atoms with Crippen molar-refractivity contribution in [1.29, 1.82) is 0 Å². The molecule has 0 aliphatic rings. The van der Waals surface area contributed by atoms with E-state index >= 15 is 0 Å². The van der Waals surface area contributed by atoms with Gasteiger partial charge in [-0.25, -0.2) is 9.67 Å². The summed E-state index contributed by atoms with van der Waals surface area (Å²) >= 11 is 1.61. The fourth-order valence-electron chi connectivity index (χ4n) is 1.67. The Bertz CT molecular complexity index is 745. The first-order valence-electron chi connectivity index (χ1n) is 5.12. The van der Waals surface area contributed by atoms with Gasteiger partial charge >= 0.3 is 0 Å². The van der Waals surface area contributed by atoms with Crippen molar-refractivity contribution in [3.8, 4) is 11.3 Å². The monoisotopic (exact) mass is 243 g/mol. The van der Waals surface area contributed by atoms with Crippen LogP contribution < -0.4 is 5.56 Å². The van der Waals surface area contributed by atoms with Gasteiger partial charge in [0.2, 0.25) is 0 Å². The summed E-state index contributed by atoms with van der Waals surface area (Å²) in [5.74, 6) is 0. The molecule has 3 rings (SSSR count). The van der Waals surface area contributed by atoms with Crippen molar-refractivity contribution in [2.75, 3.05) is 0 Å². The van der Waals surface area contributed by atoms with Gasteiger partial charge in [0.25, 0.3) is 5.56 Å². The Morgan fingerprint density at radius 3 is 2.94 bits per heavy atom. The molecule has 0 N–H and O–H groups in total. The van der Waals surface area contributed by atoms with Gasteiger partial charge < -0.3 is 0 Å². The quantitative estimate of drug-likeness (QED) is 0.657. The van der Waals surface area contributed by atoms with E-state index in [-0.39, 0.29) is 5.56 Å². The molecular weight excluding hydrogens is 234 g/mol. The zero-order chi connectivity index (χ0) is 11.8. The Kier molecular flexibility index (Phi) is 2.26. The van der Waals surface area contributed by atoms with Gasteiger partial charge in [0, 0.05) is 18.7 Å². The van der Waals surface area contributed by atoms with Crippen molar-refractivity contribution in [3.63, 3.8) is 0 Å². The first kappa shape index (κ1) is 10.2. The molecule has 17 heavy (non-hydrogen) atoms. The summed E-state index contributed by atoms with van der Waals surface area (Å²) < 4.78 is 2.49. The van der Waals surface area contributed by atoms with Gasteiger partial charge in [0.1, 0.15) is 0 Å². The lowest BCUT2D eigenvalue weighted by Gasteiger charge is -2.02. The molecule has 1 aromatic carbocycles. The van der Waals surface area contributed by atoms with Crippen LogP contribution in [0.2, 0.25) is 0 Å². The summed E-state index contributed by atoms with van der Waals surface area (Å²) in [5, 5.41) is 4.21. The van der Waals surface area contributed by atoms with E-state index in [1.165, 1.54) is 10.7 Å². The molecule has 2 aromatic heterocycles. The highest BCUT2D eigenvalue weighted by atomic mass is 32.1. The molecule has 0 atom stereocenters. The second kappa shape index (κ2) is 3.78. The van der Waals surface area contributed by atoms with Crippen molar-refractivity contribution in [3.05, 3.63) is 46.2 Å². The summed E-state index contributed by atoms with van der Waals surface area (Å²) in [7, 11) is 1.65. The first-order chi connectivity index (χ1) is 8.24. The number of hydrogen-bond donors (Lipinski definition) is 0. The molecule has 0 bridgehead atoms. The zero-order valence-electron chi connectivity index (χ0n) is 9.12. The van der Waals surface area contributed by atoms with Gasteiger partial charge in [-0.1, -0.05) is 6.07 Å². The maximum absolute atomic E-state index is 11.3. The number of benzene rings is 1. The summed E-state index contributed by atoms with van der Waals surface area (Å²) in [5.41, 5.74) is 4.43. The minimum atomic E-state index is -0.108. The van der Waals surface area contributed by atoms with Crippen LogP contribution in [-0.4, -0.2) is 14.8 Å². The maximum atomic E-state index is 11.3. The van der Waals surface area contributed by atoms with Crippen LogP contribution in [0.3, 0.4) is 0 Å². The van der Waals surface area contributed by atoms with Crippen LogP contribution in [0.25, 0.3) is 21.5 Å². The van der Waals surface area contributed by atoms with E-state index in [1.54, 1.807) is 24.5 Å². The Morgan fingerprint density at radius 1 is 1.24 bits per heavy atom. The number of fused-ring (bicyclic) bond motifs is 1. The number of rotatable bonds is 1. The van der Waals surface area contributed by atoms with Gasteiger partial charge in [0.15, 0.2) is 0 Å². The van der Waals surface area contributed by atoms with Gasteiger partial charge in [-0.15, -0.1) is 11.3 Å². The third-order valence-electron chi connectivity index (χ3n) is 2.59. The van der Waals surface area contributed by atoms with Gasteiger partial charge in [-0.05, 0) is 18.2 Å². The van der Waals surface area contributed by atoms with Crippen molar-refractivity contribution >= 4 is 21.6 Å². The third kappa shape index (κ3) is 1.74. The van der Waals surface area contributed by atoms with Crippen molar-refractivity contribution in [2.24, 2.45) is 7.05 Å². The molecule has 0 spiro atoms. The number of nitrogens with zero attached hydrogens (tertiary/aromatic N) is 3. The molecular formula is C12H9N3OS. The van der Waals surface area contributed by atoms with E-state index in [1.807, 2.05) is 23.7 Å². The van der Waals surface area contributed by atoms with E-state index in [9.17, 15) is 4.79 Å². The second-order valence-corrected chi connectivity index (χ2v) is 4.60. The molecule has 0 saturated heterocycles.